The number of esters is 1. The maximum absolute atomic E-state index is 11.8. The second-order valence-electron chi connectivity index (χ2n) is 3.60. The average Bonchev–Trinajstić information content (AvgIpc) is 2.78. The summed E-state index contributed by atoms with van der Waals surface area (Å²) in [5, 5.41) is 0.986. The minimum absolute atomic E-state index is 0.319. The van der Waals surface area contributed by atoms with Crippen molar-refractivity contribution in [2.75, 3.05) is 6.61 Å². The first-order valence-electron chi connectivity index (χ1n) is 5.43. The molecular formula is C13H11Cl2NO2. The van der Waals surface area contributed by atoms with Crippen molar-refractivity contribution in [2.24, 2.45) is 0 Å². The number of hydrogen-bond acceptors (Lipinski definition) is 2. The van der Waals surface area contributed by atoms with Crippen LogP contribution in [0.1, 0.15) is 17.3 Å². The molecule has 0 amide bonds. The lowest BCUT2D eigenvalue weighted by molar-refractivity contribution is 0.0527. The highest BCUT2D eigenvalue weighted by Gasteiger charge is 2.18. The highest BCUT2D eigenvalue weighted by atomic mass is 35.5. The molecule has 2 aromatic rings. The molecule has 1 N–H and O–H groups in total. The number of rotatable bonds is 3. The summed E-state index contributed by atoms with van der Waals surface area (Å²) in [6, 6.07) is 5.21. The van der Waals surface area contributed by atoms with E-state index in [4.69, 9.17) is 27.9 Å². The summed E-state index contributed by atoms with van der Waals surface area (Å²) in [4.78, 5) is 14.7. The Morgan fingerprint density at radius 1 is 1.28 bits per heavy atom. The smallest absolute Gasteiger partial charge is 0.340 e. The van der Waals surface area contributed by atoms with Gasteiger partial charge in [-0.15, -0.1) is 0 Å². The summed E-state index contributed by atoms with van der Waals surface area (Å²) < 4.78 is 4.98. The van der Waals surface area contributed by atoms with Gasteiger partial charge in [0, 0.05) is 33.6 Å². The van der Waals surface area contributed by atoms with Crippen molar-refractivity contribution in [3.8, 4) is 11.1 Å². The normalized spacial score (nSPS) is 10.4. The van der Waals surface area contributed by atoms with Crippen LogP contribution < -0.4 is 0 Å². The summed E-state index contributed by atoms with van der Waals surface area (Å²) in [5.74, 6) is -0.398. The zero-order chi connectivity index (χ0) is 13.1. The van der Waals surface area contributed by atoms with Crippen LogP contribution in [0.5, 0.6) is 0 Å². The van der Waals surface area contributed by atoms with E-state index in [9.17, 15) is 4.79 Å². The largest absolute Gasteiger partial charge is 0.462 e. The van der Waals surface area contributed by atoms with Crippen molar-refractivity contribution in [2.45, 2.75) is 6.92 Å². The molecule has 0 unspecified atom stereocenters. The Balaban J connectivity index is 2.52. The van der Waals surface area contributed by atoms with Crippen molar-refractivity contribution in [3.63, 3.8) is 0 Å². The molecule has 0 bridgehead atoms. The van der Waals surface area contributed by atoms with E-state index in [0.29, 0.717) is 33.3 Å². The fraction of sp³-hybridized carbons (Fsp3) is 0.154. The van der Waals surface area contributed by atoms with Crippen LogP contribution in [0.4, 0.5) is 0 Å². The first-order valence-corrected chi connectivity index (χ1v) is 6.19. The van der Waals surface area contributed by atoms with Crippen LogP contribution in [-0.2, 0) is 4.74 Å². The quantitative estimate of drug-likeness (QED) is 0.860. The van der Waals surface area contributed by atoms with Crippen LogP contribution in [0.3, 0.4) is 0 Å². The molecule has 0 aliphatic carbocycles. The van der Waals surface area contributed by atoms with Gasteiger partial charge in [-0.05, 0) is 19.1 Å². The van der Waals surface area contributed by atoms with E-state index in [1.807, 2.05) is 0 Å². The summed E-state index contributed by atoms with van der Waals surface area (Å²) in [7, 11) is 0. The van der Waals surface area contributed by atoms with E-state index in [1.54, 1.807) is 37.5 Å². The number of ether oxygens (including phenoxy) is 1. The lowest BCUT2D eigenvalue weighted by atomic mass is 10.0. The molecule has 18 heavy (non-hydrogen) atoms. The number of hydrogen-bond donors (Lipinski definition) is 1. The van der Waals surface area contributed by atoms with Gasteiger partial charge < -0.3 is 9.72 Å². The average molecular weight is 284 g/mol. The number of carbonyl (C=O) groups excluding carboxylic acids is 1. The van der Waals surface area contributed by atoms with Gasteiger partial charge in [0.05, 0.1) is 12.2 Å². The minimum atomic E-state index is -0.398. The highest BCUT2D eigenvalue weighted by Crippen LogP contribution is 2.36. The molecule has 0 saturated carbocycles. The Morgan fingerprint density at radius 2 is 1.94 bits per heavy atom. The molecule has 0 aliphatic rings. The molecule has 2 rings (SSSR count). The Bertz CT molecular complexity index is 558. The lowest BCUT2D eigenvalue weighted by Crippen LogP contribution is -2.04. The van der Waals surface area contributed by atoms with Gasteiger partial charge >= 0.3 is 5.97 Å². The summed E-state index contributed by atoms with van der Waals surface area (Å²) in [6.07, 6.45) is 3.26. The third kappa shape index (κ3) is 2.37. The Hall–Kier alpha value is -1.45. The first-order chi connectivity index (χ1) is 8.65. The predicted molar refractivity (Wildman–Crippen MR) is 72.2 cm³/mol. The summed E-state index contributed by atoms with van der Waals surface area (Å²) in [5.41, 5.74) is 1.70. The van der Waals surface area contributed by atoms with Gasteiger partial charge in [0.1, 0.15) is 0 Å². The third-order valence-corrected chi connectivity index (χ3v) is 3.10. The number of carbonyl (C=O) groups is 1. The lowest BCUT2D eigenvalue weighted by Gasteiger charge is -2.07. The maximum atomic E-state index is 11.8. The molecule has 1 aromatic heterocycles. The van der Waals surface area contributed by atoms with Gasteiger partial charge in [0.25, 0.3) is 0 Å². The van der Waals surface area contributed by atoms with Crippen LogP contribution in [-0.4, -0.2) is 17.6 Å². The molecular weight excluding hydrogens is 273 g/mol. The van der Waals surface area contributed by atoms with E-state index in [2.05, 4.69) is 4.98 Å². The number of nitrogens with one attached hydrogen (secondary N) is 1. The van der Waals surface area contributed by atoms with Gasteiger partial charge in [0.2, 0.25) is 0 Å². The van der Waals surface area contributed by atoms with E-state index in [1.165, 1.54) is 0 Å². The molecule has 1 aromatic carbocycles. The molecule has 0 saturated heterocycles. The van der Waals surface area contributed by atoms with Crippen LogP contribution >= 0.6 is 23.2 Å². The Morgan fingerprint density at radius 3 is 2.56 bits per heavy atom. The van der Waals surface area contributed by atoms with Gasteiger partial charge in [-0.1, -0.05) is 29.3 Å². The second-order valence-corrected chi connectivity index (χ2v) is 4.41. The van der Waals surface area contributed by atoms with E-state index in [-0.39, 0.29) is 0 Å². The fourth-order valence-electron chi connectivity index (χ4n) is 1.70. The van der Waals surface area contributed by atoms with E-state index >= 15 is 0 Å². The third-order valence-electron chi connectivity index (χ3n) is 2.47. The summed E-state index contributed by atoms with van der Waals surface area (Å²) in [6.45, 7) is 2.08. The first kappa shape index (κ1) is 13.0. The van der Waals surface area contributed by atoms with Crippen molar-refractivity contribution >= 4 is 29.2 Å². The molecule has 0 aliphatic heterocycles. The van der Waals surface area contributed by atoms with Crippen LogP contribution in [0.2, 0.25) is 10.0 Å². The summed E-state index contributed by atoms with van der Waals surface area (Å²) >= 11 is 12.2. The maximum Gasteiger partial charge on any atom is 0.340 e. The highest BCUT2D eigenvalue weighted by molar-refractivity contribution is 6.39. The molecule has 0 radical (unpaired) electrons. The van der Waals surface area contributed by atoms with Gasteiger partial charge in [-0.2, -0.15) is 0 Å². The molecule has 1 heterocycles. The van der Waals surface area contributed by atoms with Crippen LogP contribution in [0.15, 0.2) is 30.6 Å². The molecule has 94 valence electrons. The standard InChI is InChI=1S/C13H11Cl2NO2/c1-2-18-13(17)9-7-16-6-8(9)12-10(14)4-3-5-11(12)15/h3-7,16H,2H2,1H3. The minimum Gasteiger partial charge on any atom is -0.462 e. The fourth-order valence-corrected chi connectivity index (χ4v) is 2.30. The molecule has 3 nitrogen and oxygen atoms in total. The van der Waals surface area contributed by atoms with E-state index in [0.717, 1.165) is 0 Å². The zero-order valence-electron chi connectivity index (χ0n) is 9.67. The molecule has 0 fully saturated rings. The zero-order valence-corrected chi connectivity index (χ0v) is 11.2. The molecule has 0 spiro atoms. The number of H-pyrrole nitrogens is 1. The monoisotopic (exact) mass is 283 g/mol. The van der Waals surface area contributed by atoms with Crippen LogP contribution in [0.25, 0.3) is 11.1 Å². The van der Waals surface area contributed by atoms with Gasteiger partial charge in [-0.3, -0.25) is 0 Å². The van der Waals surface area contributed by atoms with Crippen molar-refractivity contribution in [3.05, 3.63) is 46.2 Å². The number of aromatic nitrogens is 1. The number of benzene rings is 1. The Kier molecular flexibility index (Phi) is 3.94. The molecule has 0 atom stereocenters. The second kappa shape index (κ2) is 5.46. The Labute approximate surface area is 115 Å². The van der Waals surface area contributed by atoms with Gasteiger partial charge in [0.15, 0.2) is 0 Å². The van der Waals surface area contributed by atoms with Crippen molar-refractivity contribution in [1.82, 2.24) is 4.98 Å². The van der Waals surface area contributed by atoms with Crippen molar-refractivity contribution in [1.29, 1.82) is 0 Å². The topological polar surface area (TPSA) is 42.1 Å². The van der Waals surface area contributed by atoms with Gasteiger partial charge in [-0.25, -0.2) is 4.79 Å². The van der Waals surface area contributed by atoms with Crippen molar-refractivity contribution < 1.29 is 9.53 Å². The molecule has 5 heteroatoms. The SMILES string of the molecule is CCOC(=O)c1c[nH]cc1-c1c(Cl)cccc1Cl. The van der Waals surface area contributed by atoms with E-state index < -0.39 is 5.97 Å². The predicted octanol–water partition coefficient (Wildman–Crippen LogP) is 4.17. The number of aromatic amines is 1. The number of halogens is 2. The van der Waals surface area contributed by atoms with Crippen LogP contribution in [0, 0.1) is 0 Å².